The zero-order chi connectivity index (χ0) is 22.8. The third-order valence-electron chi connectivity index (χ3n) is 6.12. The van der Waals surface area contributed by atoms with Gasteiger partial charge in [0.15, 0.2) is 17.0 Å². The third kappa shape index (κ3) is 4.25. The van der Waals surface area contributed by atoms with Crippen LogP contribution in [0.4, 0.5) is 5.82 Å². The maximum atomic E-state index is 13.0. The number of anilines is 1. The summed E-state index contributed by atoms with van der Waals surface area (Å²) in [6.07, 6.45) is 4.47. The van der Waals surface area contributed by atoms with Gasteiger partial charge in [-0.25, -0.2) is 9.97 Å². The summed E-state index contributed by atoms with van der Waals surface area (Å²) in [5, 5.41) is 8.64. The van der Waals surface area contributed by atoms with Gasteiger partial charge in [0.2, 0.25) is 0 Å². The van der Waals surface area contributed by atoms with Gasteiger partial charge in [-0.1, -0.05) is 11.6 Å². The molecule has 0 bridgehead atoms. The van der Waals surface area contributed by atoms with Crippen LogP contribution < -0.4 is 9.64 Å². The lowest BCUT2D eigenvalue weighted by molar-refractivity contribution is 0.295. The van der Waals surface area contributed by atoms with E-state index in [0.29, 0.717) is 62.9 Å². The standard InChI is InChI=1S/C21H28N8O3S/c1-2-32-18-8-6-17(7-9-18)29-21-19(24-25-29)20(22-16-23-21)26-12-14-28(15-13-26)33(30,31)27-10-4-3-5-11-27/h6-9,16H,2-5,10-15H2,1H3. The molecule has 2 aliphatic heterocycles. The van der Waals surface area contributed by atoms with E-state index in [-0.39, 0.29) is 0 Å². The number of aromatic nitrogens is 5. The van der Waals surface area contributed by atoms with E-state index in [1.807, 2.05) is 31.2 Å². The summed E-state index contributed by atoms with van der Waals surface area (Å²) < 4.78 is 36.4. The highest BCUT2D eigenvalue weighted by molar-refractivity contribution is 7.86. The van der Waals surface area contributed by atoms with Gasteiger partial charge in [-0.15, -0.1) is 5.10 Å². The second-order valence-electron chi connectivity index (χ2n) is 8.15. The minimum Gasteiger partial charge on any atom is -0.494 e. The Bertz CT molecular complexity index is 1200. The second-order valence-corrected chi connectivity index (χ2v) is 10.1. The summed E-state index contributed by atoms with van der Waals surface area (Å²) in [7, 11) is -3.41. The van der Waals surface area contributed by atoms with Crippen molar-refractivity contribution in [2.45, 2.75) is 26.2 Å². The summed E-state index contributed by atoms with van der Waals surface area (Å²) in [5.74, 6) is 1.46. The highest BCUT2D eigenvalue weighted by Crippen LogP contribution is 2.25. The number of ether oxygens (including phenoxy) is 1. The molecule has 0 amide bonds. The lowest BCUT2D eigenvalue weighted by atomic mass is 10.2. The number of hydrogen-bond acceptors (Lipinski definition) is 8. The van der Waals surface area contributed by atoms with Crippen molar-refractivity contribution in [2.24, 2.45) is 0 Å². The zero-order valence-corrected chi connectivity index (χ0v) is 19.5. The Kier molecular flexibility index (Phi) is 6.13. The molecular formula is C21H28N8O3S. The topological polar surface area (TPSA) is 110 Å². The van der Waals surface area contributed by atoms with Crippen molar-refractivity contribution in [3.8, 4) is 11.4 Å². The molecule has 2 fully saturated rings. The van der Waals surface area contributed by atoms with E-state index in [1.54, 1.807) is 13.3 Å². The SMILES string of the molecule is CCOc1ccc(-n2nnc3c(N4CCN(S(=O)(=O)N5CCCCC5)CC4)ncnc32)cc1. The quantitative estimate of drug-likeness (QED) is 0.530. The Morgan fingerprint density at radius 2 is 1.61 bits per heavy atom. The predicted octanol–water partition coefficient (Wildman–Crippen LogP) is 1.46. The molecule has 176 valence electrons. The molecular weight excluding hydrogens is 444 g/mol. The van der Waals surface area contributed by atoms with E-state index in [4.69, 9.17) is 4.74 Å². The average Bonchev–Trinajstić information content (AvgIpc) is 3.30. The number of hydrogen-bond donors (Lipinski definition) is 0. The van der Waals surface area contributed by atoms with Gasteiger partial charge in [0.1, 0.15) is 12.1 Å². The molecule has 2 aromatic heterocycles. The van der Waals surface area contributed by atoms with E-state index in [1.165, 1.54) is 6.33 Å². The average molecular weight is 473 g/mol. The number of piperidine rings is 1. The van der Waals surface area contributed by atoms with Crippen molar-refractivity contribution in [2.75, 3.05) is 50.8 Å². The fourth-order valence-corrected chi connectivity index (χ4v) is 6.05. The van der Waals surface area contributed by atoms with Crippen LogP contribution in [0.2, 0.25) is 0 Å². The molecule has 0 atom stereocenters. The predicted molar refractivity (Wildman–Crippen MR) is 124 cm³/mol. The number of benzene rings is 1. The van der Waals surface area contributed by atoms with Gasteiger partial charge < -0.3 is 9.64 Å². The Labute approximate surface area is 193 Å². The summed E-state index contributed by atoms with van der Waals surface area (Å²) in [6, 6.07) is 7.59. The van der Waals surface area contributed by atoms with Crippen molar-refractivity contribution < 1.29 is 13.2 Å². The summed E-state index contributed by atoms with van der Waals surface area (Å²) in [4.78, 5) is 10.9. The molecule has 0 aliphatic carbocycles. The third-order valence-corrected chi connectivity index (χ3v) is 8.15. The van der Waals surface area contributed by atoms with E-state index in [0.717, 1.165) is 30.7 Å². The number of piperazine rings is 1. The Hall–Kier alpha value is -2.83. The largest absolute Gasteiger partial charge is 0.494 e. The first-order valence-electron chi connectivity index (χ1n) is 11.4. The molecule has 0 spiro atoms. The van der Waals surface area contributed by atoms with Gasteiger partial charge in [-0.3, -0.25) is 0 Å². The van der Waals surface area contributed by atoms with Crippen LogP contribution >= 0.6 is 0 Å². The fraction of sp³-hybridized carbons (Fsp3) is 0.524. The van der Waals surface area contributed by atoms with E-state index >= 15 is 0 Å². The van der Waals surface area contributed by atoms with Gasteiger partial charge in [0, 0.05) is 39.3 Å². The Morgan fingerprint density at radius 1 is 0.909 bits per heavy atom. The van der Waals surface area contributed by atoms with Crippen molar-refractivity contribution >= 4 is 27.2 Å². The normalized spacial score (nSPS) is 18.6. The van der Waals surface area contributed by atoms with Gasteiger partial charge in [-0.2, -0.15) is 21.7 Å². The molecule has 0 unspecified atom stereocenters. The van der Waals surface area contributed by atoms with Crippen LogP contribution in [0.25, 0.3) is 16.9 Å². The molecule has 11 nitrogen and oxygen atoms in total. The highest BCUT2D eigenvalue weighted by atomic mass is 32.2. The maximum absolute atomic E-state index is 13.0. The highest BCUT2D eigenvalue weighted by Gasteiger charge is 2.33. The molecule has 12 heteroatoms. The number of rotatable bonds is 6. The first-order chi connectivity index (χ1) is 16.1. The van der Waals surface area contributed by atoms with Crippen LogP contribution in [-0.2, 0) is 10.2 Å². The first kappa shape index (κ1) is 22.0. The van der Waals surface area contributed by atoms with Crippen molar-refractivity contribution in [1.29, 1.82) is 0 Å². The number of nitrogens with zero attached hydrogens (tertiary/aromatic N) is 8. The molecule has 2 saturated heterocycles. The monoisotopic (exact) mass is 472 g/mol. The van der Waals surface area contributed by atoms with Gasteiger partial charge in [0.25, 0.3) is 10.2 Å². The lowest BCUT2D eigenvalue weighted by Gasteiger charge is -2.38. The van der Waals surface area contributed by atoms with Gasteiger partial charge >= 0.3 is 0 Å². The molecule has 0 saturated carbocycles. The molecule has 1 aromatic carbocycles. The summed E-state index contributed by atoms with van der Waals surface area (Å²) in [5.41, 5.74) is 2.02. The lowest BCUT2D eigenvalue weighted by Crippen LogP contribution is -2.54. The zero-order valence-electron chi connectivity index (χ0n) is 18.7. The second kappa shape index (κ2) is 9.20. The Morgan fingerprint density at radius 3 is 2.30 bits per heavy atom. The van der Waals surface area contributed by atoms with E-state index < -0.39 is 10.2 Å². The molecule has 2 aliphatic rings. The van der Waals surface area contributed by atoms with E-state index in [2.05, 4.69) is 25.2 Å². The maximum Gasteiger partial charge on any atom is 0.282 e. The molecule has 0 N–H and O–H groups in total. The summed E-state index contributed by atoms with van der Waals surface area (Å²) in [6.45, 7) is 5.68. The Balaban J connectivity index is 1.34. The van der Waals surface area contributed by atoms with Crippen molar-refractivity contribution in [3.05, 3.63) is 30.6 Å². The smallest absolute Gasteiger partial charge is 0.282 e. The van der Waals surface area contributed by atoms with Crippen molar-refractivity contribution in [3.63, 3.8) is 0 Å². The number of fused-ring (bicyclic) bond motifs is 1. The summed E-state index contributed by atoms with van der Waals surface area (Å²) >= 11 is 0. The molecule has 33 heavy (non-hydrogen) atoms. The molecule has 0 radical (unpaired) electrons. The van der Waals surface area contributed by atoms with Crippen LogP contribution in [0.1, 0.15) is 26.2 Å². The van der Waals surface area contributed by atoms with E-state index in [9.17, 15) is 8.42 Å². The minimum atomic E-state index is -3.41. The van der Waals surface area contributed by atoms with Crippen LogP contribution in [-0.4, -0.2) is 87.9 Å². The first-order valence-corrected chi connectivity index (χ1v) is 12.8. The van der Waals surface area contributed by atoms with Crippen molar-refractivity contribution in [1.82, 2.24) is 33.6 Å². The molecule has 4 heterocycles. The van der Waals surface area contributed by atoms with Crippen LogP contribution in [0.3, 0.4) is 0 Å². The molecule has 3 aromatic rings. The minimum absolute atomic E-state index is 0.414. The molecule has 5 rings (SSSR count). The van der Waals surface area contributed by atoms with Crippen LogP contribution in [0.5, 0.6) is 5.75 Å². The fourth-order valence-electron chi connectivity index (χ4n) is 4.38. The van der Waals surface area contributed by atoms with Gasteiger partial charge in [-0.05, 0) is 44.0 Å². The van der Waals surface area contributed by atoms with Crippen LogP contribution in [0.15, 0.2) is 30.6 Å². The van der Waals surface area contributed by atoms with Gasteiger partial charge in [0.05, 0.1) is 12.3 Å². The van der Waals surface area contributed by atoms with Crippen LogP contribution in [0, 0.1) is 0 Å².